The SMILES string of the molecule is CC(=O)c1nnn(-c2ccc(F)cc2)c1NCCCN1CCCC1=O. The summed E-state index contributed by atoms with van der Waals surface area (Å²) in [4.78, 5) is 25.2. The molecule has 8 heteroatoms. The first-order chi connectivity index (χ1) is 12.1. The molecule has 3 rings (SSSR count). The van der Waals surface area contributed by atoms with Crippen molar-refractivity contribution in [3.8, 4) is 5.69 Å². The van der Waals surface area contributed by atoms with Crippen LogP contribution in [0.15, 0.2) is 24.3 Å². The van der Waals surface area contributed by atoms with Crippen molar-refractivity contribution in [1.29, 1.82) is 0 Å². The van der Waals surface area contributed by atoms with Crippen molar-refractivity contribution in [2.24, 2.45) is 0 Å². The zero-order valence-electron chi connectivity index (χ0n) is 14.0. The largest absolute Gasteiger partial charge is 0.368 e. The van der Waals surface area contributed by atoms with Crippen LogP contribution in [0.2, 0.25) is 0 Å². The monoisotopic (exact) mass is 345 g/mol. The van der Waals surface area contributed by atoms with Crippen molar-refractivity contribution < 1.29 is 14.0 Å². The molecule has 25 heavy (non-hydrogen) atoms. The minimum Gasteiger partial charge on any atom is -0.368 e. The van der Waals surface area contributed by atoms with Crippen molar-refractivity contribution in [3.63, 3.8) is 0 Å². The van der Waals surface area contributed by atoms with E-state index in [0.29, 0.717) is 31.0 Å². The number of carbonyl (C=O) groups excluding carboxylic acids is 2. The Kier molecular flexibility index (Phi) is 5.06. The molecular weight excluding hydrogens is 325 g/mol. The average molecular weight is 345 g/mol. The predicted molar refractivity (Wildman–Crippen MR) is 90.2 cm³/mol. The predicted octanol–water partition coefficient (Wildman–Crippen LogP) is 2.03. The van der Waals surface area contributed by atoms with E-state index >= 15 is 0 Å². The van der Waals surface area contributed by atoms with Crippen molar-refractivity contribution >= 4 is 17.5 Å². The van der Waals surface area contributed by atoms with E-state index in [9.17, 15) is 14.0 Å². The number of rotatable bonds is 7. The molecule has 0 atom stereocenters. The molecule has 0 aliphatic carbocycles. The van der Waals surface area contributed by atoms with Gasteiger partial charge in [0.2, 0.25) is 5.91 Å². The smallest absolute Gasteiger partial charge is 0.222 e. The molecule has 1 aromatic heterocycles. The second-order valence-electron chi connectivity index (χ2n) is 6.00. The second kappa shape index (κ2) is 7.42. The Labute approximate surface area is 144 Å². The highest BCUT2D eigenvalue weighted by Gasteiger charge is 2.20. The molecule has 0 bridgehead atoms. The summed E-state index contributed by atoms with van der Waals surface area (Å²) in [6, 6.07) is 5.80. The van der Waals surface area contributed by atoms with Crippen LogP contribution in [0.3, 0.4) is 0 Å². The van der Waals surface area contributed by atoms with Crippen LogP contribution < -0.4 is 5.32 Å². The maximum atomic E-state index is 13.1. The Hall–Kier alpha value is -2.77. The van der Waals surface area contributed by atoms with Gasteiger partial charge in [0.25, 0.3) is 0 Å². The molecule has 1 fully saturated rings. The molecule has 1 aliphatic rings. The first-order valence-electron chi connectivity index (χ1n) is 8.30. The van der Waals surface area contributed by atoms with E-state index in [1.807, 2.05) is 4.90 Å². The van der Waals surface area contributed by atoms with Gasteiger partial charge in [-0.25, -0.2) is 4.39 Å². The van der Waals surface area contributed by atoms with Crippen LogP contribution in [0.1, 0.15) is 36.7 Å². The summed E-state index contributed by atoms with van der Waals surface area (Å²) in [5.41, 5.74) is 0.847. The van der Waals surface area contributed by atoms with Crippen molar-refractivity contribution in [2.75, 3.05) is 25.0 Å². The Bertz CT molecular complexity index is 772. The lowest BCUT2D eigenvalue weighted by Gasteiger charge is -2.16. The number of aromatic nitrogens is 3. The number of nitrogens with zero attached hydrogens (tertiary/aromatic N) is 4. The van der Waals surface area contributed by atoms with Gasteiger partial charge >= 0.3 is 0 Å². The highest BCUT2D eigenvalue weighted by atomic mass is 19.1. The van der Waals surface area contributed by atoms with Crippen LogP contribution in [0.25, 0.3) is 5.69 Å². The average Bonchev–Trinajstić information content (AvgIpc) is 3.19. The second-order valence-corrected chi connectivity index (χ2v) is 6.00. The van der Waals surface area contributed by atoms with Gasteiger partial charge in [-0.05, 0) is 37.1 Å². The fourth-order valence-electron chi connectivity index (χ4n) is 2.86. The maximum absolute atomic E-state index is 13.1. The summed E-state index contributed by atoms with van der Waals surface area (Å²) in [5.74, 6) is 0.125. The summed E-state index contributed by atoms with van der Waals surface area (Å²) >= 11 is 0. The van der Waals surface area contributed by atoms with Crippen molar-refractivity contribution in [2.45, 2.75) is 26.2 Å². The lowest BCUT2D eigenvalue weighted by molar-refractivity contribution is -0.127. The number of likely N-dealkylation sites (tertiary alicyclic amines) is 1. The van der Waals surface area contributed by atoms with Gasteiger partial charge in [-0.1, -0.05) is 5.21 Å². The molecule has 2 aromatic rings. The number of benzene rings is 1. The van der Waals surface area contributed by atoms with Gasteiger partial charge in [0.15, 0.2) is 17.3 Å². The lowest BCUT2D eigenvalue weighted by atomic mass is 10.2. The quantitative estimate of drug-likeness (QED) is 0.613. The first-order valence-corrected chi connectivity index (χ1v) is 8.30. The summed E-state index contributed by atoms with van der Waals surface area (Å²) in [7, 11) is 0. The molecule has 0 saturated carbocycles. The number of hydrogen-bond donors (Lipinski definition) is 1. The zero-order chi connectivity index (χ0) is 17.8. The third-order valence-corrected chi connectivity index (χ3v) is 4.14. The minimum absolute atomic E-state index is 0.197. The molecule has 1 aromatic carbocycles. The molecule has 1 aliphatic heterocycles. The summed E-state index contributed by atoms with van der Waals surface area (Å²) in [6.45, 7) is 3.48. The normalized spacial score (nSPS) is 14.2. The van der Waals surface area contributed by atoms with Gasteiger partial charge in [-0.3, -0.25) is 9.59 Å². The number of ketones is 1. The number of carbonyl (C=O) groups is 2. The van der Waals surface area contributed by atoms with Gasteiger partial charge in [-0.2, -0.15) is 4.68 Å². The highest BCUT2D eigenvalue weighted by molar-refractivity contribution is 5.96. The Morgan fingerprint density at radius 2 is 2.08 bits per heavy atom. The zero-order valence-corrected chi connectivity index (χ0v) is 14.0. The number of amides is 1. The molecule has 7 nitrogen and oxygen atoms in total. The molecule has 1 amide bonds. The highest BCUT2D eigenvalue weighted by Crippen LogP contribution is 2.19. The number of anilines is 1. The van der Waals surface area contributed by atoms with Crippen molar-refractivity contribution in [1.82, 2.24) is 19.9 Å². The van der Waals surface area contributed by atoms with Crippen LogP contribution in [-0.4, -0.2) is 51.2 Å². The minimum atomic E-state index is -0.347. The third kappa shape index (κ3) is 3.84. The lowest BCUT2D eigenvalue weighted by Crippen LogP contribution is -2.27. The third-order valence-electron chi connectivity index (χ3n) is 4.14. The summed E-state index contributed by atoms with van der Waals surface area (Å²) in [5, 5.41) is 11.1. The van der Waals surface area contributed by atoms with E-state index in [0.717, 1.165) is 19.4 Å². The number of nitrogens with one attached hydrogen (secondary N) is 1. The van der Waals surface area contributed by atoms with E-state index in [1.165, 1.54) is 23.7 Å². The van der Waals surface area contributed by atoms with E-state index in [4.69, 9.17) is 0 Å². The Balaban J connectivity index is 1.70. The Morgan fingerprint density at radius 1 is 1.32 bits per heavy atom. The Morgan fingerprint density at radius 3 is 2.72 bits per heavy atom. The molecule has 1 N–H and O–H groups in total. The molecular formula is C17H20FN5O2. The van der Waals surface area contributed by atoms with Crippen LogP contribution in [0.4, 0.5) is 10.2 Å². The molecule has 2 heterocycles. The number of halogens is 1. The number of Topliss-reactive ketones (excluding diaryl/α,β-unsaturated/α-hetero) is 1. The standard InChI is InChI=1S/C17H20FN5O2/c1-12(24)16-17(19-9-3-11-22-10-2-4-15(22)25)23(21-20-16)14-7-5-13(18)6-8-14/h5-8,19H,2-4,9-11H2,1H3. The van der Waals surface area contributed by atoms with Gasteiger partial charge in [-0.15, -0.1) is 5.10 Å². The van der Waals surface area contributed by atoms with Crippen LogP contribution in [0.5, 0.6) is 0 Å². The topological polar surface area (TPSA) is 80.1 Å². The van der Waals surface area contributed by atoms with E-state index in [2.05, 4.69) is 15.6 Å². The van der Waals surface area contributed by atoms with E-state index in [1.54, 1.807) is 12.1 Å². The first kappa shape index (κ1) is 17.1. The maximum Gasteiger partial charge on any atom is 0.222 e. The van der Waals surface area contributed by atoms with Crippen LogP contribution in [0, 0.1) is 5.82 Å². The number of hydrogen-bond acceptors (Lipinski definition) is 5. The summed E-state index contributed by atoms with van der Waals surface area (Å²) < 4.78 is 14.6. The molecule has 1 saturated heterocycles. The van der Waals surface area contributed by atoms with Crippen LogP contribution in [-0.2, 0) is 4.79 Å². The fourth-order valence-corrected chi connectivity index (χ4v) is 2.86. The van der Waals surface area contributed by atoms with Gasteiger partial charge in [0, 0.05) is 33.0 Å². The van der Waals surface area contributed by atoms with Crippen LogP contribution >= 0.6 is 0 Å². The van der Waals surface area contributed by atoms with Gasteiger partial charge in [0.05, 0.1) is 5.69 Å². The summed E-state index contributed by atoms with van der Waals surface area (Å²) in [6.07, 6.45) is 2.29. The molecule has 0 spiro atoms. The fraction of sp³-hybridized carbons (Fsp3) is 0.412. The van der Waals surface area contributed by atoms with Gasteiger partial charge < -0.3 is 10.2 Å². The van der Waals surface area contributed by atoms with Gasteiger partial charge in [0.1, 0.15) is 5.82 Å². The van der Waals surface area contributed by atoms with E-state index in [-0.39, 0.29) is 23.2 Å². The molecule has 0 radical (unpaired) electrons. The molecule has 0 unspecified atom stereocenters. The van der Waals surface area contributed by atoms with Crippen molar-refractivity contribution in [3.05, 3.63) is 35.8 Å². The van der Waals surface area contributed by atoms with E-state index < -0.39 is 0 Å². The molecule has 132 valence electrons.